The van der Waals surface area contributed by atoms with E-state index in [1.807, 2.05) is 50.2 Å². The predicted octanol–water partition coefficient (Wildman–Crippen LogP) is 2.06. The second-order valence-corrected chi connectivity index (χ2v) is 7.09. The molecule has 0 unspecified atom stereocenters. The number of amides is 2. The third-order valence-corrected chi connectivity index (χ3v) is 5.09. The van der Waals surface area contributed by atoms with Crippen LogP contribution in [-0.2, 0) is 16.1 Å². The van der Waals surface area contributed by atoms with E-state index < -0.39 is 6.04 Å². The van der Waals surface area contributed by atoms with Crippen molar-refractivity contribution in [1.82, 2.24) is 15.5 Å². The van der Waals surface area contributed by atoms with E-state index in [2.05, 4.69) is 15.5 Å². The van der Waals surface area contributed by atoms with Crippen LogP contribution in [0, 0.1) is 0 Å². The van der Waals surface area contributed by atoms with Crippen LogP contribution in [0.2, 0.25) is 0 Å². The van der Waals surface area contributed by atoms with E-state index in [0.717, 1.165) is 28.6 Å². The van der Waals surface area contributed by atoms with Crippen LogP contribution in [0.5, 0.6) is 5.75 Å². The number of nitrogens with zero attached hydrogens (tertiary/aromatic N) is 1. The third kappa shape index (κ3) is 4.22. The zero-order chi connectivity index (χ0) is 19.4. The molecule has 0 radical (unpaired) electrons. The minimum Gasteiger partial charge on any atom is -0.496 e. The van der Waals surface area contributed by atoms with Gasteiger partial charge in [0, 0.05) is 31.2 Å². The normalized spacial score (nSPS) is 17.8. The molecule has 2 amide bonds. The van der Waals surface area contributed by atoms with Crippen molar-refractivity contribution in [3.63, 3.8) is 0 Å². The summed E-state index contributed by atoms with van der Waals surface area (Å²) >= 11 is 0. The van der Waals surface area contributed by atoms with Gasteiger partial charge in [0.25, 0.3) is 0 Å². The topological polar surface area (TPSA) is 70.7 Å². The van der Waals surface area contributed by atoms with Crippen molar-refractivity contribution in [2.75, 3.05) is 20.2 Å². The Morgan fingerprint density at radius 2 is 2.07 bits per heavy atom. The molecular formula is C21H27N3O3. The lowest BCUT2D eigenvalue weighted by atomic mass is 10.0. The Bertz CT molecular complexity index is 835. The van der Waals surface area contributed by atoms with Crippen molar-refractivity contribution in [3.05, 3.63) is 42.0 Å². The molecule has 6 heteroatoms. The first-order valence-electron chi connectivity index (χ1n) is 9.36. The smallest absolute Gasteiger partial charge is 0.237 e. The van der Waals surface area contributed by atoms with Gasteiger partial charge in [-0.05, 0) is 30.7 Å². The molecule has 144 valence electrons. The van der Waals surface area contributed by atoms with Gasteiger partial charge in [0.15, 0.2) is 0 Å². The van der Waals surface area contributed by atoms with Gasteiger partial charge < -0.3 is 15.4 Å². The van der Waals surface area contributed by atoms with E-state index in [1.54, 1.807) is 7.11 Å². The monoisotopic (exact) mass is 369 g/mol. The predicted molar refractivity (Wildman–Crippen MR) is 106 cm³/mol. The Hall–Kier alpha value is -2.60. The fourth-order valence-corrected chi connectivity index (χ4v) is 3.68. The molecule has 1 heterocycles. The molecule has 0 saturated carbocycles. The Labute approximate surface area is 159 Å². The highest BCUT2D eigenvalue weighted by molar-refractivity contribution is 5.90. The molecular weight excluding hydrogens is 342 g/mol. The molecule has 2 N–H and O–H groups in total. The summed E-state index contributed by atoms with van der Waals surface area (Å²) in [6.45, 7) is 5.84. The van der Waals surface area contributed by atoms with Crippen LogP contribution in [0.1, 0.15) is 25.8 Å². The fraction of sp³-hybridized carbons (Fsp3) is 0.429. The van der Waals surface area contributed by atoms with Gasteiger partial charge in [0.1, 0.15) is 5.75 Å². The lowest BCUT2D eigenvalue weighted by Gasteiger charge is -2.37. The summed E-state index contributed by atoms with van der Waals surface area (Å²) in [6, 6.07) is 11.7. The molecule has 1 fully saturated rings. The van der Waals surface area contributed by atoms with E-state index in [0.29, 0.717) is 13.1 Å². The van der Waals surface area contributed by atoms with Crippen molar-refractivity contribution >= 4 is 22.6 Å². The van der Waals surface area contributed by atoms with Crippen LogP contribution in [0.3, 0.4) is 0 Å². The van der Waals surface area contributed by atoms with Crippen molar-refractivity contribution in [1.29, 1.82) is 0 Å². The number of fused-ring (bicyclic) bond motifs is 1. The highest BCUT2D eigenvalue weighted by Crippen LogP contribution is 2.27. The first-order valence-corrected chi connectivity index (χ1v) is 9.36. The summed E-state index contributed by atoms with van der Waals surface area (Å²) in [6.07, 6.45) is 0.150. The number of benzene rings is 2. The molecule has 0 spiro atoms. The van der Waals surface area contributed by atoms with Crippen LogP contribution < -0.4 is 15.4 Å². The zero-order valence-electron chi connectivity index (χ0n) is 16.1. The first-order chi connectivity index (χ1) is 13.0. The minimum atomic E-state index is -0.423. The molecule has 1 aliphatic rings. The number of hydrogen-bond acceptors (Lipinski definition) is 4. The summed E-state index contributed by atoms with van der Waals surface area (Å²) in [5.41, 5.74) is 0.942. The minimum absolute atomic E-state index is 0.0761. The summed E-state index contributed by atoms with van der Waals surface area (Å²) < 4.78 is 5.48. The Morgan fingerprint density at radius 1 is 1.30 bits per heavy atom. The van der Waals surface area contributed by atoms with Crippen LogP contribution in [0.25, 0.3) is 10.8 Å². The number of methoxy groups -OCH3 is 1. The number of nitrogens with one attached hydrogen (secondary N) is 2. The molecule has 0 aliphatic carbocycles. The average Bonchev–Trinajstić information content (AvgIpc) is 2.67. The average molecular weight is 369 g/mol. The second kappa shape index (κ2) is 8.39. The SMILES string of the molecule is COc1ccc2ccccc2c1CNC(=O)C[C@@H]1C(=O)NCCN1C(C)C. The van der Waals surface area contributed by atoms with Gasteiger partial charge in [-0.3, -0.25) is 14.5 Å². The van der Waals surface area contributed by atoms with Crippen LogP contribution in [0.15, 0.2) is 36.4 Å². The third-order valence-electron chi connectivity index (χ3n) is 5.09. The number of rotatable bonds is 6. The number of carbonyl (C=O) groups excluding carboxylic acids is 2. The van der Waals surface area contributed by atoms with E-state index in [1.165, 1.54) is 0 Å². The molecule has 0 bridgehead atoms. The number of carbonyl (C=O) groups is 2. The van der Waals surface area contributed by atoms with E-state index in [4.69, 9.17) is 4.74 Å². The van der Waals surface area contributed by atoms with Gasteiger partial charge in [0.2, 0.25) is 11.8 Å². The molecule has 1 atom stereocenters. The standard InChI is InChI=1S/C21H27N3O3/c1-14(2)24-11-10-22-21(26)18(24)12-20(25)23-13-17-16-7-5-4-6-15(16)8-9-19(17)27-3/h4-9,14,18H,10-13H2,1-3H3,(H,22,26)(H,23,25)/t18-/m1/s1. The molecule has 27 heavy (non-hydrogen) atoms. The van der Waals surface area contributed by atoms with Crippen molar-refractivity contribution in [2.45, 2.75) is 38.9 Å². The molecule has 1 saturated heterocycles. The molecule has 3 rings (SSSR count). The lowest BCUT2D eigenvalue weighted by Crippen LogP contribution is -2.58. The van der Waals surface area contributed by atoms with E-state index in [-0.39, 0.29) is 24.3 Å². The maximum Gasteiger partial charge on any atom is 0.237 e. The summed E-state index contributed by atoms with van der Waals surface area (Å²) in [5.74, 6) is 0.527. The molecule has 2 aromatic rings. The summed E-state index contributed by atoms with van der Waals surface area (Å²) in [5, 5.41) is 7.98. The molecule has 6 nitrogen and oxygen atoms in total. The maximum atomic E-state index is 12.6. The van der Waals surface area contributed by atoms with Gasteiger partial charge in [-0.15, -0.1) is 0 Å². The quantitative estimate of drug-likeness (QED) is 0.818. The van der Waals surface area contributed by atoms with E-state index in [9.17, 15) is 9.59 Å². The zero-order valence-corrected chi connectivity index (χ0v) is 16.1. The molecule has 2 aromatic carbocycles. The summed E-state index contributed by atoms with van der Waals surface area (Å²) in [4.78, 5) is 26.9. The lowest BCUT2D eigenvalue weighted by molar-refractivity contribution is -0.134. The number of piperazine rings is 1. The van der Waals surface area contributed by atoms with Gasteiger partial charge in [-0.25, -0.2) is 0 Å². The van der Waals surface area contributed by atoms with Crippen molar-refractivity contribution < 1.29 is 14.3 Å². The van der Waals surface area contributed by atoms with E-state index >= 15 is 0 Å². The highest BCUT2D eigenvalue weighted by Gasteiger charge is 2.32. The van der Waals surface area contributed by atoms with Gasteiger partial charge >= 0.3 is 0 Å². The number of ether oxygens (including phenoxy) is 1. The molecule has 1 aliphatic heterocycles. The van der Waals surface area contributed by atoms with Crippen LogP contribution >= 0.6 is 0 Å². The Kier molecular flexibility index (Phi) is 5.96. The summed E-state index contributed by atoms with van der Waals surface area (Å²) in [7, 11) is 1.63. The Morgan fingerprint density at radius 3 is 2.81 bits per heavy atom. The largest absolute Gasteiger partial charge is 0.496 e. The maximum absolute atomic E-state index is 12.6. The van der Waals surface area contributed by atoms with Crippen molar-refractivity contribution in [3.8, 4) is 5.75 Å². The second-order valence-electron chi connectivity index (χ2n) is 7.09. The fourth-order valence-electron chi connectivity index (χ4n) is 3.68. The Balaban J connectivity index is 1.72. The highest BCUT2D eigenvalue weighted by atomic mass is 16.5. The van der Waals surface area contributed by atoms with Gasteiger partial charge in [-0.1, -0.05) is 30.3 Å². The van der Waals surface area contributed by atoms with Gasteiger partial charge in [-0.2, -0.15) is 0 Å². The molecule has 0 aromatic heterocycles. The first kappa shape index (κ1) is 19.2. The van der Waals surface area contributed by atoms with Gasteiger partial charge in [0.05, 0.1) is 19.6 Å². The van der Waals surface area contributed by atoms with Crippen molar-refractivity contribution in [2.24, 2.45) is 0 Å². The van der Waals surface area contributed by atoms with Crippen LogP contribution in [-0.4, -0.2) is 49.0 Å². The number of hydrogen-bond donors (Lipinski definition) is 2. The van der Waals surface area contributed by atoms with Crippen LogP contribution in [0.4, 0.5) is 0 Å².